The van der Waals surface area contributed by atoms with E-state index in [0.717, 1.165) is 29.6 Å². The number of hydrogen-bond acceptors (Lipinski definition) is 5. The first kappa shape index (κ1) is 13.3. The number of hydrogen-bond donors (Lipinski definition) is 0. The zero-order valence-electron chi connectivity index (χ0n) is 11.8. The Morgan fingerprint density at radius 1 is 1.05 bits per heavy atom. The maximum atomic E-state index is 4.49. The first-order chi connectivity index (χ1) is 9.06. The Labute approximate surface area is 113 Å². The molecule has 100 valence electrons. The van der Waals surface area contributed by atoms with Gasteiger partial charge in [0.15, 0.2) is 0 Å². The molecule has 0 spiro atoms. The van der Waals surface area contributed by atoms with Crippen LogP contribution in [0.5, 0.6) is 0 Å². The van der Waals surface area contributed by atoms with E-state index in [-0.39, 0.29) is 0 Å². The van der Waals surface area contributed by atoms with Crippen molar-refractivity contribution in [2.45, 2.75) is 13.5 Å². The van der Waals surface area contributed by atoms with E-state index < -0.39 is 0 Å². The highest BCUT2D eigenvalue weighted by Crippen LogP contribution is 2.13. The Morgan fingerprint density at radius 2 is 1.74 bits per heavy atom. The van der Waals surface area contributed by atoms with Crippen LogP contribution in [0.25, 0.3) is 0 Å². The van der Waals surface area contributed by atoms with Gasteiger partial charge in [-0.3, -0.25) is 0 Å². The van der Waals surface area contributed by atoms with Crippen molar-refractivity contribution in [1.82, 2.24) is 15.0 Å². The number of aromatic nitrogens is 3. The minimum Gasteiger partial charge on any atom is -0.355 e. The number of aryl methyl sites for hydroxylation is 1. The second-order valence-electron chi connectivity index (χ2n) is 4.78. The third-order valence-corrected chi connectivity index (χ3v) is 2.78. The second-order valence-corrected chi connectivity index (χ2v) is 4.78. The fourth-order valence-electron chi connectivity index (χ4n) is 1.76. The fourth-order valence-corrected chi connectivity index (χ4v) is 1.76. The summed E-state index contributed by atoms with van der Waals surface area (Å²) in [7, 11) is 5.87. The van der Waals surface area contributed by atoms with Gasteiger partial charge in [0.2, 0.25) is 5.95 Å². The topological polar surface area (TPSA) is 45.2 Å². The van der Waals surface area contributed by atoms with E-state index in [1.165, 1.54) is 0 Å². The molecule has 0 saturated carbocycles. The third-order valence-electron chi connectivity index (χ3n) is 2.78. The van der Waals surface area contributed by atoms with Crippen molar-refractivity contribution in [1.29, 1.82) is 0 Å². The van der Waals surface area contributed by atoms with Crippen molar-refractivity contribution in [2.75, 3.05) is 30.9 Å². The molecule has 0 atom stereocenters. The highest BCUT2D eigenvalue weighted by molar-refractivity contribution is 5.39. The van der Waals surface area contributed by atoms with E-state index in [0.29, 0.717) is 0 Å². The molecule has 0 aromatic carbocycles. The van der Waals surface area contributed by atoms with Crippen LogP contribution in [0.4, 0.5) is 11.8 Å². The van der Waals surface area contributed by atoms with E-state index >= 15 is 0 Å². The molecule has 0 bridgehead atoms. The highest BCUT2D eigenvalue weighted by atomic mass is 15.2. The maximum absolute atomic E-state index is 4.49. The summed E-state index contributed by atoms with van der Waals surface area (Å²) in [6.07, 6.45) is 3.71. The smallest absolute Gasteiger partial charge is 0.224 e. The molecule has 2 heterocycles. The number of pyridine rings is 1. The molecule has 2 aromatic heterocycles. The zero-order chi connectivity index (χ0) is 13.8. The number of nitrogens with zero attached hydrogens (tertiary/aromatic N) is 5. The van der Waals surface area contributed by atoms with Crippen LogP contribution in [0.15, 0.2) is 30.6 Å². The van der Waals surface area contributed by atoms with Crippen LogP contribution in [0, 0.1) is 6.92 Å². The fraction of sp³-hybridized carbons (Fsp3) is 0.357. The van der Waals surface area contributed by atoms with E-state index in [4.69, 9.17) is 0 Å². The Bertz CT molecular complexity index is 536. The van der Waals surface area contributed by atoms with Crippen molar-refractivity contribution in [2.24, 2.45) is 0 Å². The van der Waals surface area contributed by atoms with Gasteiger partial charge in [0.25, 0.3) is 0 Å². The van der Waals surface area contributed by atoms with Crippen molar-refractivity contribution >= 4 is 11.8 Å². The summed E-state index contributed by atoms with van der Waals surface area (Å²) in [5.74, 6) is 1.68. The van der Waals surface area contributed by atoms with Crippen LogP contribution < -0.4 is 9.80 Å². The Morgan fingerprint density at radius 3 is 2.32 bits per heavy atom. The molecule has 5 nitrogen and oxygen atoms in total. The summed E-state index contributed by atoms with van der Waals surface area (Å²) in [6, 6.07) is 6.01. The standard InChI is InChI=1S/C14H19N5/c1-11-6-5-7-13(17-11)19(4)10-12-8-15-14(16-9-12)18(2)3/h5-9H,10H2,1-4H3. The van der Waals surface area contributed by atoms with E-state index in [1.807, 2.05) is 63.6 Å². The van der Waals surface area contributed by atoms with Gasteiger partial charge in [-0.1, -0.05) is 6.07 Å². The molecule has 2 rings (SSSR count). The van der Waals surface area contributed by atoms with Crippen LogP contribution in [-0.2, 0) is 6.54 Å². The molecule has 0 N–H and O–H groups in total. The molecule has 5 heteroatoms. The largest absolute Gasteiger partial charge is 0.355 e. The minimum absolute atomic E-state index is 0.722. The van der Waals surface area contributed by atoms with Gasteiger partial charge in [-0.15, -0.1) is 0 Å². The lowest BCUT2D eigenvalue weighted by atomic mass is 10.3. The van der Waals surface area contributed by atoms with Crippen molar-refractivity contribution < 1.29 is 0 Å². The quantitative estimate of drug-likeness (QED) is 0.837. The van der Waals surface area contributed by atoms with E-state index in [9.17, 15) is 0 Å². The highest BCUT2D eigenvalue weighted by Gasteiger charge is 2.05. The van der Waals surface area contributed by atoms with Gasteiger partial charge in [0.1, 0.15) is 5.82 Å². The molecule has 0 saturated heterocycles. The van der Waals surface area contributed by atoms with Crippen LogP contribution in [-0.4, -0.2) is 36.1 Å². The monoisotopic (exact) mass is 257 g/mol. The lowest BCUT2D eigenvalue weighted by molar-refractivity contribution is 0.871. The Kier molecular flexibility index (Phi) is 3.94. The van der Waals surface area contributed by atoms with Crippen molar-refractivity contribution in [3.05, 3.63) is 41.9 Å². The number of anilines is 2. The molecule has 0 aliphatic heterocycles. The van der Waals surface area contributed by atoms with Gasteiger partial charge in [0.05, 0.1) is 0 Å². The van der Waals surface area contributed by atoms with Gasteiger partial charge in [0, 0.05) is 51.3 Å². The predicted octanol–water partition coefficient (Wildman–Crippen LogP) is 1.88. The summed E-state index contributed by atoms with van der Waals surface area (Å²) in [5.41, 5.74) is 2.08. The average molecular weight is 257 g/mol. The normalized spacial score (nSPS) is 10.3. The first-order valence-electron chi connectivity index (χ1n) is 6.19. The lowest BCUT2D eigenvalue weighted by Crippen LogP contribution is -2.19. The first-order valence-corrected chi connectivity index (χ1v) is 6.19. The molecule has 0 radical (unpaired) electrons. The van der Waals surface area contributed by atoms with Crippen molar-refractivity contribution in [3.63, 3.8) is 0 Å². The molecular formula is C14H19N5. The molecular weight excluding hydrogens is 238 g/mol. The number of rotatable bonds is 4. The second kappa shape index (κ2) is 5.65. The molecule has 19 heavy (non-hydrogen) atoms. The van der Waals surface area contributed by atoms with Crippen LogP contribution in [0.3, 0.4) is 0 Å². The van der Waals surface area contributed by atoms with Gasteiger partial charge < -0.3 is 9.80 Å². The third kappa shape index (κ3) is 3.40. The molecule has 0 aliphatic carbocycles. The molecule has 2 aromatic rings. The Hall–Kier alpha value is -2.17. The van der Waals surface area contributed by atoms with Crippen LogP contribution >= 0.6 is 0 Å². The van der Waals surface area contributed by atoms with Gasteiger partial charge >= 0.3 is 0 Å². The van der Waals surface area contributed by atoms with Crippen LogP contribution in [0.1, 0.15) is 11.3 Å². The van der Waals surface area contributed by atoms with Crippen molar-refractivity contribution in [3.8, 4) is 0 Å². The zero-order valence-corrected chi connectivity index (χ0v) is 11.8. The Balaban J connectivity index is 2.08. The molecule has 0 unspecified atom stereocenters. The van der Waals surface area contributed by atoms with Gasteiger partial charge in [-0.05, 0) is 19.1 Å². The molecule has 0 aliphatic rings. The summed E-state index contributed by atoms with van der Waals surface area (Å²) in [5, 5.41) is 0. The van der Waals surface area contributed by atoms with E-state index in [2.05, 4.69) is 19.9 Å². The lowest BCUT2D eigenvalue weighted by Gasteiger charge is -2.18. The van der Waals surface area contributed by atoms with Gasteiger partial charge in [-0.25, -0.2) is 15.0 Å². The van der Waals surface area contributed by atoms with Gasteiger partial charge in [-0.2, -0.15) is 0 Å². The maximum Gasteiger partial charge on any atom is 0.224 e. The predicted molar refractivity (Wildman–Crippen MR) is 77.4 cm³/mol. The summed E-state index contributed by atoms with van der Waals surface area (Å²) in [6.45, 7) is 2.73. The summed E-state index contributed by atoms with van der Waals surface area (Å²) < 4.78 is 0. The SMILES string of the molecule is Cc1cccc(N(C)Cc2cnc(N(C)C)nc2)n1. The summed E-state index contributed by atoms with van der Waals surface area (Å²) in [4.78, 5) is 17.1. The van der Waals surface area contributed by atoms with Crippen LogP contribution in [0.2, 0.25) is 0 Å². The minimum atomic E-state index is 0.722. The summed E-state index contributed by atoms with van der Waals surface area (Å²) >= 11 is 0. The van der Waals surface area contributed by atoms with E-state index in [1.54, 1.807) is 0 Å². The average Bonchev–Trinajstić information content (AvgIpc) is 2.39. The molecule has 0 amide bonds. The molecule has 0 fully saturated rings.